The van der Waals surface area contributed by atoms with Crippen molar-refractivity contribution in [2.45, 2.75) is 76.5 Å². The summed E-state index contributed by atoms with van der Waals surface area (Å²) in [6.45, 7) is 3.31. The largest absolute Gasteiger partial charge is 0.480 e. The Morgan fingerprint density at radius 2 is 1.74 bits per heavy atom. The standard InChI is InChI=1S/C21H33N7O7/c1-11(25-17(31)12(2)28-15(29)7-8-16(28)30)19(33)27-10-4-6-14(27)18(32)26-13(20(34)35)5-3-9-24-21(22)23/h11-14H,3-10H2,1-2H3,(H,25,31)(H,26,32)(H,34,35)(H4,22,23,24)/t11-,12-,13-,14-/m0/s1. The van der Waals surface area contributed by atoms with E-state index in [1.807, 2.05) is 0 Å². The fourth-order valence-corrected chi connectivity index (χ4v) is 4.12. The van der Waals surface area contributed by atoms with Gasteiger partial charge in [-0.15, -0.1) is 0 Å². The van der Waals surface area contributed by atoms with Crippen LogP contribution in [-0.2, 0) is 28.8 Å². The molecule has 2 rings (SSSR count). The molecule has 194 valence electrons. The number of carbonyl (C=O) groups is 6. The van der Waals surface area contributed by atoms with E-state index in [0.29, 0.717) is 19.3 Å². The van der Waals surface area contributed by atoms with Gasteiger partial charge in [0, 0.05) is 25.9 Å². The van der Waals surface area contributed by atoms with Gasteiger partial charge in [-0.1, -0.05) is 0 Å². The number of guanidine groups is 1. The molecular weight excluding hydrogens is 462 g/mol. The Kier molecular flexibility index (Phi) is 9.54. The van der Waals surface area contributed by atoms with Crippen LogP contribution in [0.2, 0.25) is 0 Å². The molecule has 14 heteroatoms. The fourth-order valence-electron chi connectivity index (χ4n) is 4.12. The van der Waals surface area contributed by atoms with E-state index in [4.69, 9.17) is 11.5 Å². The lowest BCUT2D eigenvalue weighted by atomic mass is 10.1. The lowest BCUT2D eigenvalue weighted by Gasteiger charge is -2.29. The normalized spacial score (nSPS) is 20.2. The van der Waals surface area contributed by atoms with E-state index in [9.17, 15) is 33.9 Å². The van der Waals surface area contributed by atoms with Gasteiger partial charge in [0.25, 0.3) is 0 Å². The molecule has 0 unspecified atom stereocenters. The van der Waals surface area contributed by atoms with Gasteiger partial charge in [0.15, 0.2) is 5.96 Å². The Balaban J connectivity index is 1.96. The summed E-state index contributed by atoms with van der Waals surface area (Å²) < 4.78 is 0. The fraction of sp³-hybridized carbons (Fsp3) is 0.667. The van der Waals surface area contributed by atoms with Crippen LogP contribution in [0.15, 0.2) is 4.99 Å². The van der Waals surface area contributed by atoms with Crippen LogP contribution in [0.3, 0.4) is 0 Å². The van der Waals surface area contributed by atoms with Gasteiger partial charge in [0.05, 0.1) is 0 Å². The third-order valence-electron chi connectivity index (χ3n) is 5.98. The Hall–Kier alpha value is -3.71. The predicted molar refractivity (Wildman–Crippen MR) is 122 cm³/mol. The minimum atomic E-state index is -1.22. The first-order valence-corrected chi connectivity index (χ1v) is 11.5. The number of nitrogens with one attached hydrogen (secondary N) is 2. The van der Waals surface area contributed by atoms with Crippen molar-refractivity contribution in [1.82, 2.24) is 20.4 Å². The Morgan fingerprint density at radius 1 is 1.11 bits per heavy atom. The van der Waals surface area contributed by atoms with Gasteiger partial charge in [-0.25, -0.2) is 4.79 Å². The topological polar surface area (TPSA) is 218 Å². The third-order valence-corrected chi connectivity index (χ3v) is 5.98. The molecule has 14 nitrogen and oxygen atoms in total. The van der Waals surface area contributed by atoms with Crippen molar-refractivity contribution in [3.8, 4) is 0 Å². The summed E-state index contributed by atoms with van der Waals surface area (Å²) in [7, 11) is 0. The highest BCUT2D eigenvalue weighted by molar-refractivity contribution is 6.06. The maximum atomic E-state index is 13.0. The van der Waals surface area contributed by atoms with Gasteiger partial charge < -0.3 is 32.1 Å². The quantitative estimate of drug-likeness (QED) is 0.0895. The first-order valence-electron chi connectivity index (χ1n) is 11.5. The molecule has 5 amide bonds. The maximum absolute atomic E-state index is 13.0. The number of amides is 5. The molecule has 2 heterocycles. The Morgan fingerprint density at radius 3 is 2.31 bits per heavy atom. The molecule has 2 aliphatic heterocycles. The van der Waals surface area contributed by atoms with Crippen LogP contribution < -0.4 is 22.1 Å². The lowest BCUT2D eigenvalue weighted by Crippen LogP contribution is -2.56. The molecule has 2 aliphatic rings. The highest BCUT2D eigenvalue weighted by Gasteiger charge is 2.40. The number of imide groups is 1. The number of rotatable bonds is 11. The molecule has 7 N–H and O–H groups in total. The number of aliphatic carboxylic acids is 1. The van der Waals surface area contributed by atoms with Crippen LogP contribution in [0, 0.1) is 0 Å². The van der Waals surface area contributed by atoms with Crippen LogP contribution in [0.1, 0.15) is 52.4 Å². The summed E-state index contributed by atoms with van der Waals surface area (Å²) >= 11 is 0. The molecule has 4 atom stereocenters. The predicted octanol–water partition coefficient (Wildman–Crippen LogP) is -2.36. The summed E-state index contributed by atoms with van der Waals surface area (Å²) in [5.41, 5.74) is 10.5. The average Bonchev–Trinajstić information content (AvgIpc) is 3.40. The van der Waals surface area contributed by atoms with Gasteiger partial charge in [-0.05, 0) is 39.5 Å². The van der Waals surface area contributed by atoms with Crippen LogP contribution in [0.4, 0.5) is 0 Å². The van der Waals surface area contributed by atoms with E-state index in [1.54, 1.807) is 0 Å². The lowest BCUT2D eigenvalue weighted by molar-refractivity contribution is -0.147. The zero-order valence-electron chi connectivity index (χ0n) is 19.9. The highest BCUT2D eigenvalue weighted by atomic mass is 16.4. The summed E-state index contributed by atoms with van der Waals surface area (Å²) in [6, 6.07) is -4.16. The van der Waals surface area contributed by atoms with E-state index < -0.39 is 59.7 Å². The average molecular weight is 496 g/mol. The van der Waals surface area contributed by atoms with E-state index in [0.717, 1.165) is 4.90 Å². The molecule has 0 spiro atoms. The monoisotopic (exact) mass is 495 g/mol. The van der Waals surface area contributed by atoms with E-state index >= 15 is 0 Å². The molecule has 0 aromatic heterocycles. The minimum absolute atomic E-state index is 0.0428. The molecule has 35 heavy (non-hydrogen) atoms. The van der Waals surface area contributed by atoms with Crippen molar-refractivity contribution in [2.75, 3.05) is 13.1 Å². The van der Waals surface area contributed by atoms with Gasteiger partial charge in [0.2, 0.25) is 29.5 Å². The zero-order chi connectivity index (χ0) is 26.3. The number of likely N-dealkylation sites (tertiary alicyclic amines) is 2. The summed E-state index contributed by atoms with van der Waals surface area (Å²) in [5, 5.41) is 14.4. The first kappa shape index (κ1) is 27.5. The van der Waals surface area contributed by atoms with Gasteiger partial charge in [0.1, 0.15) is 24.2 Å². The van der Waals surface area contributed by atoms with Gasteiger partial charge in [-0.2, -0.15) is 0 Å². The Labute approximate surface area is 202 Å². The number of hydrogen-bond acceptors (Lipinski definition) is 7. The number of hydrogen-bond donors (Lipinski definition) is 5. The molecule has 0 radical (unpaired) electrons. The summed E-state index contributed by atoms with van der Waals surface area (Å²) in [6.07, 6.45) is 1.37. The molecule has 0 saturated carbocycles. The van der Waals surface area contributed by atoms with E-state index in [2.05, 4.69) is 15.6 Å². The second-order valence-electron chi connectivity index (χ2n) is 8.60. The molecule has 0 bridgehead atoms. The minimum Gasteiger partial charge on any atom is -0.480 e. The number of nitrogens with zero attached hydrogens (tertiary/aromatic N) is 3. The number of aliphatic imine (C=N–C) groups is 1. The Bertz CT molecular complexity index is 886. The number of carboxylic acid groups (broad SMARTS) is 1. The molecule has 0 aromatic rings. The molecular formula is C21H33N7O7. The van der Waals surface area contributed by atoms with Gasteiger partial charge >= 0.3 is 5.97 Å². The van der Waals surface area contributed by atoms with Crippen molar-refractivity contribution in [1.29, 1.82) is 0 Å². The van der Waals surface area contributed by atoms with Crippen LogP contribution in [0.25, 0.3) is 0 Å². The second-order valence-corrected chi connectivity index (χ2v) is 8.60. The third kappa shape index (κ3) is 7.13. The van der Waals surface area contributed by atoms with Crippen molar-refractivity contribution in [3.05, 3.63) is 0 Å². The first-order chi connectivity index (χ1) is 16.4. The van der Waals surface area contributed by atoms with Crippen LogP contribution >= 0.6 is 0 Å². The summed E-state index contributed by atoms with van der Waals surface area (Å²) in [4.78, 5) is 79.6. The van der Waals surface area contributed by atoms with E-state index in [1.165, 1.54) is 18.7 Å². The smallest absolute Gasteiger partial charge is 0.326 e. The zero-order valence-corrected chi connectivity index (χ0v) is 19.9. The number of nitrogens with two attached hydrogens (primary N) is 2. The van der Waals surface area contributed by atoms with E-state index in [-0.39, 0.29) is 38.3 Å². The van der Waals surface area contributed by atoms with Crippen LogP contribution in [-0.4, -0.2) is 93.6 Å². The summed E-state index contributed by atoms with van der Waals surface area (Å²) in [5.74, 6) is -4.03. The SMILES string of the molecule is C[C@H](NC(=O)[C@H](C)N1C(=O)CCC1=O)C(=O)N1CCC[C@H]1C(=O)N[C@@H](CCCN=C(N)N)C(=O)O. The van der Waals surface area contributed by atoms with Crippen molar-refractivity contribution in [2.24, 2.45) is 16.5 Å². The molecule has 2 fully saturated rings. The van der Waals surface area contributed by atoms with Gasteiger partial charge in [-0.3, -0.25) is 33.9 Å². The molecule has 2 saturated heterocycles. The second kappa shape index (κ2) is 12.1. The maximum Gasteiger partial charge on any atom is 0.326 e. The molecule has 0 aliphatic carbocycles. The van der Waals surface area contributed by atoms with Crippen molar-refractivity contribution in [3.63, 3.8) is 0 Å². The number of carbonyl (C=O) groups excluding carboxylic acids is 5. The highest BCUT2D eigenvalue weighted by Crippen LogP contribution is 2.20. The molecule has 0 aromatic carbocycles. The van der Waals surface area contributed by atoms with Crippen molar-refractivity contribution >= 4 is 41.5 Å². The number of carboxylic acids is 1. The van der Waals surface area contributed by atoms with Crippen LogP contribution in [0.5, 0.6) is 0 Å². The van der Waals surface area contributed by atoms with Crippen molar-refractivity contribution < 1.29 is 33.9 Å².